The molecule has 0 spiro atoms. The summed E-state index contributed by atoms with van der Waals surface area (Å²) in [6.45, 7) is 7.99. The quantitative estimate of drug-likeness (QED) is 0.798. The Labute approximate surface area is 147 Å². The Morgan fingerprint density at radius 1 is 1.16 bits per heavy atom. The summed E-state index contributed by atoms with van der Waals surface area (Å²) in [5, 5.41) is 3.33. The highest BCUT2D eigenvalue weighted by molar-refractivity contribution is 5.42. The Morgan fingerprint density at radius 3 is 2.40 bits per heavy atom. The number of halogens is 3. The molecule has 1 fully saturated rings. The first kappa shape index (κ1) is 19.8. The second-order valence-corrected chi connectivity index (χ2v) is 6.72. The molecule has 0 aliphatic carbocycles. The first-order valence-corrected chi connectivity index (χ1v) is 8.68. The van der Waals surface area contributed by atoms with E-state index in [0.717, 1.165) is 44.6 Å². The smallest absolute Gasteiger partial charge is 0.496 e. The van der Waals surface area contributed by atoms with Crippen molar-refractivity contribution in [3.05, 3.63) is 23.8 Å². The molecule has 0 aromatic heterocycles. The van der Waals surface area contributed by atoms with Gasteiger partial charge in [-0.1, -0.05) is 19.9 Å². The fourth-order valence-corrected chi connectivity index (χ4v) is 3.18. The summed E-state index contributed by atoms with van der Waals surface area (Å²) >= 11 is 0. The molecule has 0 radical (unpaired) electrons. The number of nitrogens with zero attached hydrogens (tertiary/aromatic N) is 1. The molecule has 2 rings (SSSR count). The van der Waals surface area contributed by atoms with E-state index in [1.807, 2.05) is 0 Å². The maximum Gasteiger partial charge on any atom is 0.573 e. The molecule has 1 N–H and O–H groups in total. The minimum absolute atomic E-state index is 0.124. The van der Waals surface area contributed by atoms with Crippen molar-refractivity contribution < 1.29 is 22.6 Å². The average molecular weight is 360 g/mol. The van der Waals surface area contributed by atoms with E-state index in [0.29, 0.717) is 11.7 Å². The highest BCUT2D eigenvalue weighted by atomic mass is 19.4. The van der Waals surface area contributed by atoms with Crippen molar-refractivity contribution in [3.8, 4) is 11.5 Å². The molecule has 1 aromatic rings. The van der Waals surface area contributed by atoms with Crippen LogP contribution in [-0.2, 0) is 0 Å². The summed E-state index contributed by atoms with van der Waals surface area (Å²) < 4.78 is 46.8. The van der Waals surface area contributed by atoms with Crippen molar-refractivity contribution in [1.82, 2.24) is 10.2 Å². The fraction of sp³-hybridized carbons (Fsp3) is 0.667. The molecule has 7 heteroatoms. The molecule has 1 aliphatic rings. The van der Waals surface area contributed by atoms with Crippen LogP contribution in [0.15, 0.2) is 18.2 Å². The summed E-state index contributed by atoms with van der Waals surface area (Å²) in [5.74, 6) is 0.745. The summed E-state index contributed by atoms with van der Waals surface area (Å²) in [7, 11) is 1.48. The second-order valence-electron chi connectivity index (χ2n) is 6.72. The molecular weight excluding hydrogens is 333 g/mol. The molecule has 0 unspecified atom stereocenters. The first-order valence-electron chi connectivity index (χ1n) is 8.68. The highest BCUT2D eigenvalue weighted by Gasteiger charge is 2.32. The van der Waals surface area contributed by atoms with E-state index in [-0.39, 0.29) is 11.8 Å². The number of benzene rings is 1. The minimum atomic E-state index is -4.71. The molecule has 1 aromatic carbocycles. The molecule has 1 heterocycles. The van der Waals surface area contributed by atoms with Crippen molar-refractivity contribution in [2.45, 2.75) is 39.1 Å². The van der Waals surface area contributed by atoms with E-state index < -0.39 is 6.36 Å². The lowest BCUT2D eigenvalue weighted by Crippen LogP contribution is -2.45. The standard InChI is InChI=1S/C18H27F3N2O2/c1-13(2)4-7-16(23-10-8-22-9-11-23)15-6-5-14(12-17(15)24-3)25-18(19,20)21/h5-6,12-13,16,22H,4,7-11H2,1-3H3/t16-/m0/s1. The Balaban J connectivity index is 2.27. The zero-order chi connectivity index (χ0) is 18.4. The predicted octanol–water partition coefficient (Wildman–Crippen LogP) is 3.98. The number of alkyl halides is 3. The van der Waals surface area contributed by atoms with Gasteiger partial charge in [0.25, 0.3) is 0 Å². The fourth-order valence-electron chi connectivity index (χ4n) is 3.18. The van der Waals surface area contributed by atoms with Crippen molar-refractivity contribution in [2.75, 3.05) is 33.3 Å². The van der Waals surface area contributed by atoms with Gasteiger partial charge in [0, 0.05) is 43.9 Å². The van der Waals surface area contributed by atoms with Crippen LogP contribution in [0.4, 0.5) is 13.2 Å². The van der Waals surface area contributed by atoms with Gasteiger partial charge in [-0.2, -0.15) is 0 Å². The van der Waals surface area contributed by atoms with Gasteiger partial charge >= 0.3 is 6.36 Å². The van der Waals surface area contributed by atoms with E-state index in [1.165, 1.54) is 19.2 Å². The number of ether oxygens (including phenoxy) is 2. The molecule has 0 saturated carbocycles. The van der Waals surface area contributed by atoms with Crippen LogP contribution >= 0.6 is 0 Å². The van der Waals surface area contributed by atoms with Crippen molar-refractivity contribution in [3.63, 3.8) is 0 Å². The Kier molecular flexibility index (Phi) is 6.95. The van der Waals surface area contributed by atoms with Crippen LogP contribution in [0.5, 0.6) is 11.5 Å². The van der Waals surface area contributed by atoms with Gasteiger partial charge in [0.2, 0.25) is 0 Å². The third kappa shape index (κ3) is 6.08. The molecular formula is C18H27F3N2O2. The van der Waals surface area contributed by atoms with E-state index in [9.17, 15) is 13.2 Å². The van der Waals surface area contributed by atoms with Gasteiger partial charge in [0.1, 0.15) is 11.5 Å². The van der Waals surface area contributed by atoms with Crippen LogP contribution in [0, 0.1) is 5.92 Å². The van der Waals surface area contributed by atoms with Crippen molar-refractivity contribution >= 4 is 0 Å². The SMILES string of the molecule is COc1cc(OC(F)(F)F)ccc1[C@H](CCC(C)C)N1CCNCC1. The van der Waals surface area contributed by atoms with Gasteiger partial charge in [0.15, 0.2) is 0 Å². The van der Waals surface area contributed by atoms with Gasteiger partial charge in [-0.3, -0.25) is 4.90 Å². The maximum absolute atomic E-state index is 12.5. The second kappa shape index (κ2) is 8.76. The zero-order valence-corrected chi connectivity index (χ0v) is 15.0. The Bertz CT molecular complexity index is 544. The molecule has 1 aliphatic heterocycles. The Morgan fingerprint density at radius 2 is 1.84 bits per heavy atom. The number of rotatable bonds is 7. The topological polar surface area (TPSA) is 33.7 Å². The first-order chi connectivity index (χ1) is 11.8. The lowest BCUT2D eigenvalue weighted by Gasteiger charge is -2.36. The van der Waals surface area contributed by atoms with Gasteiger partial charge < -0.3 is 14.8 Å². The van der Waals surface area contributed by atoms with Crippen LogP contribution in [0.25, 0.3) is 0 Å². The van der Waals surface area contributed by atoms with Crippen molar-refractivity contribution in [1.29, 1.82) is 0 Å². The van der Waals surface area contributed by atoms with Gasteiger partial charge in [-0.25, -0.2) is 0 Å². The average Bonchev–Trinajstić information content (AvgIpc) is 2.55. The third-order valence-corrected chi connectivity index (χ3v) is 4.41. The summed E-state index contributed by atoms with van der Waals surface area (Å²) in [4.78, 5) is 2.38. The van der Waals surface area contributed by atoms with E-state index in [2.05, 4.69) is 28.8 Å². The van der Waals surface area contributed by atoms with Crippen LogP contribution in [-0.4, -0.2) is 44.6 Å². The van der Waals surface area contributed by atoms with Crippen LogP contribution in [0.3, 0.4) is 0 Å². The minimum Gasteiger partial charge on any atom is -0.496 e. The molecule has 1 atom stereocenters. The van der Waals surface area contributed by atoms with Gasteiger partial charge in [0.05, 0.1) is 7.11 Å². The number of hydrogen-bond donors (Lipinski definition) is 1. The van der Waals surface area contributed by atoms with Crippen LogP contribution < -0.4 is 14.8 Å². The van der Waals surface area contributed by atoms with E-state index in [1.54, 1.807) is 6.07 Å². The molecule has 25 heavy (non-hydrogen) atoms. The maximum atomic E-state index is 12.5. The number of nitrogens with one attached hydrogen (secondary N) is 1. The number of hydrogen-bond acceptors (Lipinski definition) is 4. The van der Waals surface area contributed by atoms with Gasteiger partial charge in [-0.05, 0) is 24.8 Å². The number of piperazine rings is 1. The third-order valence-electron chi connectivity index (χ3n) is 4.41. The summed E-state index contributed by atoms with van der Waals surface area (Å²) in [6, 6.07) is 4.52. The zero-order valence-electron chi connectivity index (χ0n) is 15.0. The van der Waals surface area contributed by atoms with Crippen molar-refractivity contribution in [2.24, 2.45) is 5.92 Å². The summed E-state index contributed by atoms with van der Waals surface area (Å²) in [6.07, 6.45) is -2.73. The van der Waals surface area contributed by atoms with E-state index >= 15 is 0 Å². The highest BCUT2D eigenvalue weighted by Crippen LogP contribution is 2.37. The molecule has 4 nitrogen and oxygen atoms in total. The lowest BCUT2D eigenvalue weighted by molar-refractivity contribution is -0.274. The molecule has 0 amide bonds. The van der Waals surface area contributed by atoms with Crippen LogP contribution in [0.2, 0.25) is 0 Å². The van der Waals surface area contributed by atoms with Gasteiger partial charge in [-0.15, -0.1) is 13.2 Å². The van der Waals surface area contributed by atoms with E-state index in [4.69, 9.17) is 4.74 Å². The largest absolute Gasteiger partial charge is 0.573 e. The lowest BCUT2D eigenvalue weighted by atomic mass is 9.95. The number of methoxy groups -OCH3 is 1. The molecule has 142 valence electrons. The molecule has 0 bridgehead atoms. The Hall–Kier alpha value is -1.47. The molecule has 1 saturated heterocycles. The monoisotopic (exact) mass is 360 g/mol. The van der Waals surface area contributed by atoms with Crippen LogP contribution in [0.1, 0.15) is 38.3 Å². The normalized spacial score (nSPS) is 17.6. The predicted molar refractivity (Wildman–Crippen MR) is 90.9 cm³/mol. The summed E-state index contributed by atoms with van der Waals surface area (Å²) in [5.41, 5.74) is 0.916.